The molecule has 2 atom stereocenters. The molecule has 3 N–H and O–H groups in total. The summed E-state index contributed by atoms with van der Waals surface area (Å²) >= 11 is 0. The Morgan fingerprint density at radius 1 is 1.29 bits per heavy atom. The van der Waals surface area contributed by atoms with Gasteiger partial charge in [-0.2, -0.15) is 0 Å². The first-order valence-corrected chi connectivity index (χ1v) is 7.69. The van der Waals surface area contributed by atoms with Gasteiger partial charge in [0.05, 0.1) is 19.1 Å². The molecule has 1 saturated carbocycles. The van der Waals surface area contributed by atoms with Crippen LogP contribution in [0.25, 0.3) is 0 Å². The van der Waals surface area contributed by atoms with Gasteiger partial charge in [-0.05, 0) is 30.4 Å². The van der Waals surface area contributed by atoms with Gasteiger partial charge in [-0.15, -0.1) is 0 Å². The molecule has 0 radical (unpaired) electrons. The fourth-order valence-corrected chi connectivity index (χ4v) is 3.44. The minimum atomic E-state index is -0.162. The van der Waals surface area contributed by atoms with Crippen LogP contribution in [0.1, 0.15) is 30.4 Å². The van der Waals surface area contributed by atoms with Crippen molar-refractivity contribution in [3.05, 3.63) is 35.4 Å². The van der Waals surface area contributed by atoms with E-state index < -0.39 is 0 Å². The highest BCUT2D eigenvalue weighted by Crippen LogP contribution is 2.30. The molecule has 1 aliphatic heterocycles. The second-order valence-corrected chi connectivity index (χ2v) is 5.94. The summed E-state index contributed by atoms with van der Waals surface area (Å²) < 4.78 is 5.85. The summed E-state index contributed by atoms with van der Waals surface area (Å²) in [5.41, 5.74) is 4.44. The molecule has 1 aromatic rings. The number of nitrogens with two attached hydrogens (primary N) is 1. The lowest BCUT2D eigenvalue weighted by atomic mass is 10.1. The van der Waals surface area contributed by atoms with E-state index in [1.54, 1.807) is 0 Å². The highest BCUT2D eigenvalue weighted by Gasteiger charge is 2.35. The van der Waals surface area contributed by atoms with Gasteiger partial charge in [-0.25, -0.2) is 5.84 Å². The van der Waals surface area contributed by atoms with Crippen LogP contribution in [-0.2, 0) is 22.5 Å². The van der Waals surface area contributed by atoms with Gasteiger partial charge in [-0.1, -0.05) is 24.3 Å². The number of carbonyl (C=O) groups is 1. The second kappa shape index (κ2) is 6.56. The van der Waals surface area contributed by atoms with Crippen molar-refractivity contribution in [1.82, 2.24) is 10.3 Å². The molecule has 1 heterocycles. The van der Waals surface area contributed by atoms with E-state index in [9.17, 15) is 4.79 Å². The molecular formula is C16H23N3O2. The lowest BCUT2D eigenvalue weighted by Crippen LogP contribution is -2.47. The molecular weight excluding hydrogens is 266 g/mol. The van der Waals surface area contributed by atoms with E-state index in [2.05, 4.69) is 22.5 Å². The van der Waals surface area contributed by atoms with E-state index in [-0.39, 0.29) is 5.91 Å². The Balaban J connectivity index is 1.61. The van der Waals surface area contributed by atoms with E-state index in [1.807, 2.05) is 12.1 Å². The summed E-state index contributed by atoms with van der Waals surface area (Å²) in [5.74, 6) is 4.94. The van der Waals surface area contributed by atoms with Gasteiger partial charge in [0.1, 0.15) is 0 Å². The SMILES string of the molecule is NNC(=O)Cc1ccc(CN2CCOC3CCCC32)cc1. The molecule has 2 fully saturated rings. The highest BCUT2D eigenvalue weighted by atomic mass is 16.5. The van der Waals surface area contributed by atoms with Crippen molar-refractivity contribution < 1.29 is 9.53 Å². The quantitative estimate of drug-likeness (QED) is 0.492. The topological polar surface area (TPSA) is 67.6 Å². The van der Waals surface area contributed by atoms with Gasteiger partial charge < -0.3 is 4.74 Å². The number of hydrazine groups is 1. The van der Waals surface area contributed by atoms with Crippen LogP contribution in [0.3, 0.4) is 0 Å². The lowest BCUT2D eigenvalue weighted by molar-refractivity contribution is -0.120. The number of hydrogen-bond acceptors (Lipinski definition) is 4. The lowest BCUT2D eigenvalue weighted by Gasteiger charge is -2.37. The van der Waals surface area contributed by atoms with Gasteiger partial charge >= 0.3 is 0 Å². The second-order valence-electron chi connectivity index (χ2n) is 5.94. The normalized spacial score (nSPS) is 25.6. The fourth-order valence-electron chi connectivity index (χ4n) is 3.44. The fraction of sp³-hybridized carbons (Fsp3) is 0.562. The minimum Gasteiger partial charge on any atom is -0.375 e. The van der Waals surface area contributed by atoms with E-state index in [4.69, 9.17) is 10.6 Å². The van der Waals surface area contributed by atoms with E-state index in [1.165, 1.54) is 24.8 Å². The first-order valence-electron chi connectivity index (χ1n) is 7.69. The first-order chi connectivity index (χ1) is 10.3. The van der Waals surface area contributed by atoms with Gasteiger partial charge in [0.15, 0.2) is 0 Å². The van der Waals surface area contributed by atoms with Crippen LogP contribution in [0.15, 0.2) is 24.3 Å². The zero-order valence-corrected chi connectivity index (χ0v) is 12.3. The molecule has 2 aliphatic rings. The number of nitrogens with zero attached hydrogens (tertiary/aromatic N) is 1. The van der Waals surface area contributed by atoms with Crippen LogP contribution in [0.2, 0.25) is 0 Å². The van der Waals surface area contributed by atoms with Crippen molar-refractivity contribution in [2.45, 2.75) is 44.4 Å². The number of carbonyl (C=O) groups excluding carboxylic acids is 1. The van der Waals surface area contributed by atoms with Crippen molar-refractivity contribution in [2.24, 2.45) is 5.84 Å². The van der Waals surface area contributed by atoms with Crippen LogP contribution in [0.5, 0.6) is 0 Å². The number of fused-ring (bicyclic) bond motifs is 1. The molecule has 0 aromatic heterocycles. The third-order valence-electron chi connectivity index (χ3n) is 4.53. The summed E-state index contributed by atoms with van der Waals surface area (Å²) in [6, 6.07) is 8.83. The Morgan fingerprint density at radius 2 is 2.05 bits per heavy atom. The summed E-state index contributed by atoms with van der Waals surface area (Å²) in [4.78, 5) is 13.8. The molecule has 1 aliphatic carbocycles. The Bertz CT molecular complexity index is 489. The average molecular weight is 289 g/mol. The third kappa shape index (κ3) is 3.43. The van der Waals surface area contributed by atoms with Crippen molar-refractivity contribution in [2.75, 3.05) is 13.2 Å². The predicted octanol–water partition coefficient (Wildman–Crippen LogP) is 0.972. The number of morpholine rings is 1. The van der Waals surface area contributed by atoms with Gasteiger partial charge in [0.2, 0.25) is 5.91 Å². The summed E-state index contributed by atoms with van der Waals surface area (Å²) in [5, 5.41) is 0. The molecule has 0 spiro atoms. The Labute approximate surface area is 125 Å². The summed E-state index contributed by atoms with van der Waals surface area (Å²) in [7, 11) is 0. The van der Waals surface area contributed by atoms with Gasteiger partial charge in [-0.3, -0.25) is 15.1 Å². The molecule has 3 rings (SSSR count). The largest absolute Gasteiger partial charge is 0.375 e. The smallest absolute Gasteiger partial charge is 0.238 e. The van der Waals surface area contributed by atoms with Crippen LogP contribution in [0.4, 0.5) is 0 Å². The van der Waals surface area contributed by atoms with Crippen molar-refractivity contribution in [3.63, 3.8) is 0 Å². The van der Waals surface area contributed by atoms with E-state index >= 15 is 0 Å². The van der Waals surface area contributed by atoms with Crippen LogP contribution in [0, 0.1) is 0 Å². The van der Waals surface area contributed by atoms with Crippen LogP contribution >= 0.6 is 0 Å². The molecule has 5 nitrogen and oxygen atoms in total. The molecule has 21 heavy (non-hydrogen) atoms. The highest BCUT2D eigenvalue weighted by molar-refractivity contribution is 5.77. The Morgan fingerprint density at radius 3 is 2.81 bits per heavy atom. The van der Waals surface area contributed by atoms with Crippen molar-refractivity contribution >= 4 is 5.91 Å². The van der Waals surface area contributed by atoms with E-state index in [0.717, 1.165) is 25.3 Å². The molecule has 1 amide bonds. The standard InChI is InChI=1S/C16H23N3O2/c17-18-16(20)10-12-4-6-13(7-5-12)11-19-8-9-21-15-3-1-2-14(15)19/h4-7,14-15H,1-3,8-11,17H2,(H,18,20). The number of hydrogen-bond donors (Lipinski definition) is 2. The predicted molar refractivity (Wildman–Crippen MR) is 80.3 cm³/mol. The average Bonchev–Trinajstić information content (AvgIpc) is 2.99. The third-order valence-corrected chi connectivity index (χ3v) is 4.53. The molecule has 2 unspecified atom stereocenters. The maximum atomic E-state index is 11.2. The summed E-state index contributed by atoms with van der Waals surface area (Å²) in [6.45, 7) is 2.82. The van der Waals surface area contributed by atoms with Crippen LogP contribution in [-0.4, -0.2) is 36.1 Å². The molecule has 0 bridgehead atoms. The molecule has 1 saturated heterocycles. The number of nitrogens with one attached hydrogen (secondary N) is 1. The Hall–Kier alpha value is -1.43. The summed E-state index contributed by atoms with van der Waals surface area (Å²) in [6.07, 6.45) is 4.50. The zero-order chi connectivity index (χ0) is 14.7. The first kappa shape index (κ1) is 14.5. The molecule has 1 aromatic carbocycles. The van der Waals surface area contributed by atoms with E-state index in [0.29, 0.717) is 18.6 Å². The number of rotatable bonds is 4. The number of benzene rings is 1. The van der Waals surface area contributed by atoms with Gasteiger partial charge in [0.25, 0.3) is 0 Å². The molecule has 5 heteroatoms. The monoisotopic (exact) mass is 289 g/mol. The van der Waals surface area contributed by atoms with Crippen molar-refractivity contribution in [3.8, 4) is 0 Å². The zero-order valence-electron chi connectivity index (χ0n) is 12.3. The number of ether oxygens (including phenoxy) is 1. The maximum absolute atomic E-state index is 11.2. The Kier molecular flexibility index (Phi) is 4.53. The molecule has 114 valence electrons. The minimum absolute atomic E-state index is 0.162. The van der Waals surface area contributed by atoms with Crippen molar-refractivity contribution in [1.29, 1.82) is 0 Å². The maximum Gasteiger partial charge on any atom is 0.238 e. The number of amides is 1. The van der Waals surface area contributed by atoms with Gasteiger partial charge in [0, 0.05) is 19.1 Å². The van der Waals surface area contributed by atoms with Crippen LogP contribution < -0.4 is 11.3 Å².